The monoisotopic (exact) mass is 415 g/mol. The number of hydrogen-bond acceptors (Lipinski definition) is 3. The van der Waals surface area contributed by atoms with Gasteiger partial charge in [-0.05, 0) is 29.5 Å². The summed E-state index contributed by atoms with van der Waals surface area (Å²) in [5, 5.41) is 8.80. The zero-order chi connectivity index (χ0) is 21.9. The topological polar surface area (TPSA) is 49.6 Å². The summed E-state index contributed by atoms with van der Waals surface area (Å²) in [5.41, 5.74) is 4.20. The number of hydrogen-bond donors (Lipinski definition) is 0. The van der Waals surface area contributed by atoms with Crippen LogP contribution in [0.5, 0.6) is 0 Å². The molecule has 3 aromatic rings. The zero-order valence-corrected chi connectivity index (χ0v) is 18.3. The molecule has 2 aromatic carbocycles. The standard InChI is InChI=1S/C27H30FN3/c1-2-3-4-5-6-7-8-9-10-21-11-13-22(14-12-21)23-15-17-24(18-16-23)27-30-20-25(19-29)26(28)31-27/h11-18,20H,2-10H2,1H3. The van der Waals surface area contributed by atoms with Crippen LogP contribution in [-0.2, 0) is 6.42 Å². The lowest BCUT2D eigenvalue weighted by molar-refractivity contribution is 0.575. The quantitative estimate of drug-likeness (QED) is 0.240. The third-order valence-corrected chi connectivity index (χ3v) is 5.61. The molecule has 0 saturated carbocycles. The summed E-state index contributed by atoms with van der Waals surface area (Å²) >= 11 is 0. The molecule has 0 unspecified atom stereocenters. The van der Waals surface area contributed by atoms with Gasteiger partial charge in [0.1, 0.15) is 11.6 Å². The Balaban J connectivity index is 1.51. The summed E-state index contributed by atoms with van der Waals surface area (Å²) in [4.78, 5) is 7.87. The fraction of sp³-hybridized carbons (Fsp3) is 0.370. The molecule has 0 aliphatic rings. The van der Waals surface area contributed by atoms with Gasteiger partial charge in [0.2, 0.25) is 5.95 Å². The minimum absolute atomic E-state index is 0.146. The van der Waals surface area contributed by atoms with E-state index in [-0.39, 0.29) is 11.4 Å². The summed E-state index contributed by atoms with van der Waals surface area (Å²) < 4.78 is 13.7. The third-order valence-electron chi connectivity index (χ3n) is 5.61. The van der Waals surface area contributed by atoms with Crippen molar-refractivity contribution in [1.82, 2.24) is 9.97 Å². The average Bonchev–Trinajstić information content (AvgIpc) is 2.81. The van der Waals surface area contributed by atoms with Crippen LogP contribution in [0.4, 0.5) is 4.39 Å². The third kappa shape index (κ3) is 6.72. The van der Waals surface area contributed by atoms with Gasteiger partial charge in [0.05, 0.1) is 6.20 Å². The summed E-state index contributed by atoms with van der Waals surface area (Å²) in [5.74, 6) is -0.507. The smallest absolute Gasteiger partial charge is 0.234 e. The van der Waals surface area contributed by atoms with E-state index in [4.69, 9.17) is 5.26 Å². The molecule has 160 valence electrons. The number of aromatic nitrogens is 2. The number of unbranched alkanes of at least 4 members (excludes halogenated alkanes) is 7. The van der Waals surface area contributed by atoms with Gasteiger partial charge >= 0.3 is 0 Å². The fourth-order valence-electron chi connectivity index (χ4n) is 3.71. The lowest BCUT2D eigenvalue weighted by Gasteiger charge is -2.07. The van der Waals surface area contributed by atoms with E-state index in [1.165, 1.54) is 63.1 Å². The second-order valence-corrected chi connectivity index (χ2v) is 8.01. The van der Waals surface area contributed by atoms with Crippen molar-refractivity contribution in [2.45, 2.75) is 64.7 Å². The van der Waals surface area contributed by atoms with Gasteiger partial charge in [-0.25, -0.2) is 4.98 Å². The van der Waals surface area contributed by atoms with E-state index in [0.717, 1.165) is 23.1 Å². The Morgan fingerprint density at radius 2 is 1.32 bits per heavy atom. The first-order valence-electron chi connectivity index (χ1n) is 11.3. The summed E-state index contributed by atoms with van der Waals surface area (Å²) in [6.45, 7) is 2.26. The minimum Gasteiger partial charge on any atom is -0.235 e. The van der Waals surface area contributed by atoms with E-state index in [9.17, 15) is 4.39 Å². The van der Waals surface area contributed by atoms with E-state index < -0.39 is 5.95 Å². The molecule has 4 heteroatoms. The number of halogens is 1. The highest BCUT2D eigenvalue weighted by Crippen LogP contribution is 2.24. The molecule has 3 nitrogen and oxygen atoms in total. The first kappa shape index (κ1) is 22.6. The van der Waals surface area contributed by atoms with E-state index >= 15 is 0 Å². The molecule has 1 aromatic heterocycles. The lowest BCUT2D eigenvalue weighted by atomic mass is 10.00. The van der Waals surface area contributed by atoms with E-state index in [1.54, 1.807) is 6.07 Å². The van der Waals surface area contributed by atoms with Crippen LogP contribution < -0.4 is 0 Å². The van der Waals surface area contributed by atoms with Crippen molar-refractivity contribution in [3.05, 3.63) is 71.8 Å². The van der Waals surface area contributed by atoms with Crippen LogP contribution in [0.1, 0.15) is 69.4 Å². The molecule has 0 fully saturated rings. The van der Waals surface area contributed by atoms with Gasteiger partial charge in [-0.2, -0.15) is 14.6 Å². The molecule has 0 aliphatic carbocycles. The number of rotatable bonds is 11. The Morgan fingerprint density at radius 1 is 0.774 bits per heavy atom. The molecule has 0 amide bonds. The molecular formula is C27H30FN3. The minimum atomic E-state index is -0.788. The number of aryl methyl sites for hydroxylation is 1. The Hall–Kier alpha value is -3.06. The highest BCUT2D eigenvalue weighted by molar-refractivity contribution is 5.67. The highest BCUT2D eigenvalue weighted by atomic mass is 19.1. The van der Waals surface area contributed by atoms with E-state index in [1.807, 2.05) is 24.3 Å². The predicted molar refractivity (Wildman–Crippen MR) is 124 cm³/mol. The van der Waals surface area contributed by atoms with Crippen LogP contribution in [-0.4, -0.2) is 9.97 Å². The van der Waals surface area contributed by atoms with Crippen molar-refractivity contribution in [3.8, 4) is 28.6 Å². The molecule has 0 saturated heterocycles. The maximum absolute atomic E-state index is 13.7. The molecule has 0 radical (unpaired) electrons. The van der Waals surface area contributed by atoms with Crippen molar-refractivity contribution in [2.24, 2.45) is 0 Å². The Labute approximate surface area is 185 Å². The van der Waals surface area contributed by atoms with Gasteiger partial charge in [0.15, 0.2) is 5.82 Å². The number of benzene rings is 2. The van der Waals surface area contributed by atoms with Crippen molar-refractivity contribution in [2.75, 3.05) is 0 Å². The molecule has 0 spiro atoms. The van der Waals surface area contributed by atoms with Crippen molar-refractivity contribution < 1.29 is 4.39 Å². The Kier molecular flexibility index (Phi) is 8.72. The molecule has 31 heavy (non-hydrogen) atoms. The number of nitrogens with zero attached hydrogens (tertiary/aromatic N) is 3. The molecular weight excluding hydrogens is 385 g/mol. The van der Waals surface area contributed by atoms with Crippen molar-refractivity contribution >= 4 is 0 Å². The predicted octanol–water partition coefficient (Wildman–Crippen LogP) is 7.50. The molecule has 0 aliphatic heterocycles. The van der Waals surface area contributed by atoms with Crippen LogP contribution in [0.3, 0.4) is 0 Å². The Bertz CT molecular complexity index is 988. The lowest BCUT2D eigenvalue weighted by Crippen LogP contribution is -1.96. The molecule has 0 N–H and O–H groups in total. The fourth-order valence-corrected chi connectivity index (χ4v) is 3.71. The molecule has 1 heterocycles. The van der Waals surface area contributed by atoms with Crippen LogP contribution >= 0.6 is 0 Å². The summed E-state index contributed by atoms with van der Waals surface area (Å²) in [6, 6.07) is 18.2. The Morgan fingerprint density at radius 3 is 1.90 bits per heavy atom. The maximum atomic E-state index is 13.7. The molecule has 0 atom stereocenters. The van der Waals surface area contributed by atoms with Gasteiger partial charge in [-0.3, -0.25) is 0 Å². The van der Waals surface area contributed by atoms with Gasteiger partial charge in [-0.15, -0.1) is 0 Å². The first-order valence-corrected chi connectivity index (χ1v) is 11.3. The van der Waals surface area contributed by atoms with Gasteiger partial charge in [0, 0.05) is 5.56 Å². The normalized spacial score (nSPS) is 10.7. The van der Waals surface area contributed by atoms with E-state index in [0.29, 0.717) is 0 Å². The zero-order valence-electron chi connectivity index (χ0n) is 18.3. The van der Waals surface area contributed by atoms with Crippen LogP contribution in [0.15, 0.2) is 54.7 Å². The molecule has 3 rings (SSSR count). The second kappa shape index (κ2) is 12.0. The summed E-state index contributed by atoms with van der Waals surface area (Å²) in [6.07, 6.45) is 13.1. The number of nitriles is 1. The van der Waals surface area contributed by atoms with Gasteiger partial charge in [0.25, 0.3) is 0 Å². The maximum Gasteiger partial charge on any atom is 0.234 e. The van der Waals surface area contributed by atoms with E-state index in [2.05, 4.69) is 41.2 Å². The SMILES string of the molecule is CCCCCCCCCCc1ccc(-c2ccc(-c3ncc(C#N)c(F)n3)cc2)cc1. The van der Waals surface area contributed by atoms with Gasteiger partial charge < -0.3 is 0 Å². The highest BCUT2D eigenvalue weighted by Gasteiger charge is 2.08. The summed E-state index contributed by atoms with van der Waals surface area (Å²) in [7, 11) is 0. The largest absolute Gasteiger partial charge is 0.235 e. The van der Waals surface area contributed by atoms with Crippen LogP contribution in [0.2, 0.25) is 0 Å². The van der Waals surface area contributed by atoms with Crippen LogP contribution in [0.25, 0.3) is 22.5 Å². The van der Waals surface area contributed by atoms with Crippen molar-refractivity contribution in [3.63, 3.8) is 0 Å². The first-order chi connectivity index (χ1) is 15.2. The van der Waals surface area contributed by atoms with Crippen LogP contribution in [0, 0.1) is 17.3 Å². The molecule has 0 bridgehead atoms. The van der Waals surface area contributed by atoms with Gasteiger partial charge in [-0.1, -0.05) is 100 Å². The average molecular weight is 416 g/mol. The van der Waals surface area contributed by atoms with Crippen molar-refractivity contribution in [1.29, 1.82) is 5.26 Å². The second-order valence-electron chi connectivity index (χ2n) is 8.01.